The van der Waals surface area contributed by atoms with E-state index in [1.54, 1.807) is 0 Å². The molecule has 13 heavy (non-hydrogen) atoms. The summed E-state index contributed by atoms with van der Waals surface area (Å²) in [4.78, 5) is 0. The molecule has 0 bridgehead atoms. The van der Waals surface area contributed by atoms with Gasteiger partial charge in [-0.05, 0) is 39.7 Å². The van der Waals surface area contributed by atoms with Crippen molar-refractivity contribution in [1.29, 1.82) is 0 Å². The van der Waals surface area contributed by atoms with E-state index in [1.165, 1.54) is 25.7 Å². The predicted molar refractivity (Wildman–Crippen MR) is 55.9 cm³/mol. The van der Waals surface area contributed by atoms with E-state index < -0.39 is 0 Å². The summed E-state index contributed by atoms with van der Waals surface area (Å²) in [5.74, 6) is 1.04. The van der Waals surface area contributed by atoms with Crippen LogP contribution in [-0.4, -0.2) is 25.8 Å². The van der Waals surface area contributed by atoms with Crippen molar-refractivity contribution >= 4 is 0 Å². The van der Waals surface area contributed by atoms with E-state index in [4.69, 9.17) is 4.74 Å². The van der Waals surface area contributed by atoms with Gasteiger partial charge in [-0.1, -0.05) is 12.8 Å². The van der Waals surface area contributed by atoms with Crippen LogP contribution in [0.25, 0.3) is 0 Å². The van der Waals surface area contributed by atoms with E-state index >= 15 is 0 Å². The number of ether oxygens (including phenoxy) is 1. The maximum atomic E-state index is 5.59. The molecule has 1 aliphatic rings. The van der Waals surface area contributed by atoms with E-state index in [2.05, 4.69) is 19.2 Å². The van der Waals surface area contributed by atoms with Crippen LogP contribution in [0.4, 0.5) is 0 Å². The van der Waals surface area contributed by atoms with Crippen LogP contribution in [0.5, 0.6) is 0 Å². The third-order valence-corrected chi connectivity index (χ3v) is 2.66. The molecule has 1 unspecified atom stereocenters. The van der Waals surface area contributed by atoms with Gasteiger partial charge in [0.25, 0.3) is 0 Å². The number of likely N-dealkylation sites (N-methyl/N-ethyl adjacent to an activating group) is 1. The van der Waals surface area contributed by atoms with E-state index in [1.807, 2.05) is 7.05 Å². The highest BCUT2D eigenvalue weighted by molar-refractivity contribution is 4.76. The van der Waals surface area contributed by atoms with Gasteiger partial charge in [0, 0.05) is 6.04 Å². The maximum Gasteiger partial charge on any atom is 0.0622 e. The first kappa shape index (κ1) is 11.0. The van der Waals surface area contributed by atoms with Crippen LogP contribution in [0.1, 0.15) is 39.5 Å². The lowest BCUT2D eigenvalue weighted by Crippen LogP contribution is -2.31. The van der Waals surface area contributed by atoms with Crippen LogP contribution in [0.2, 0.25) is 0 Å². The molecule has 0 aromatic heterocycles. The molecule has 1 saturated carbocycles. The highest BCUT2D eigenvalue weighted by Gasteiger charge is 2.22. The van der Waals surface area contributed by atoms with Gasteiger partial charge in [0.15, 0.2) is 0 Å². The van der Waals surface area contributed by atoms with Crippen molar-refractivity contribution in [1.82, 2.24) is 5.32 Å². The Morgan fingerprint density at radius 1 is 1.38 bits per heavy atom. The van der Waals surface area contributed by atoms with Crippen molar-refractivity contribution in [2.24, 2.45) is 5.92 Å². The number of nitrogens with one attached hydrogen (secondary N) is 1. The molecule has 78 valence electrons. The summed E-state index contributed by atoms with van der Waals surface area (Å²) in [5.41, 5.74) is 0. The van der Waals surface area contributed by atoms with Crippen molar-refractivity contribution < 1.29 is 4.74 Å². The Hall–Kier alpha value is -0.0800. The molecule has 0 aliphatic heterocycles. The zero-order valence-electron chi connectivity index (χ0n) is 9.18. The standard InChI is InChI=1S/C11H23NO/c1-9(2)13-8-11(12-3)7-6-10-4-5-10/h9-12H,4-8H2,1-3H3. The van der Waals surface area contributed by atoms with Crippen molar-refractivity contribution in [3.63, 3.8) is 0 Å². The fourth-order valence-corrected chi connectivity index (χ4v) is 1.46. The van der Waals surface area contributed by atoms with Crippen LogP contribution < -0.4 is 5.32 Å². The zero-order chi connectivity index (χ0) is 9.68. The molecular weight excluding hydrogens is 162 g/mol. The Bertz CT molecular complexity index is 126. The maximum absolute atomic E-state index is 5.59. The zero-order valence-corrected chi connectivity index (χ0v) is 9.18. The minimum Gasteiger partial charge on any atom is -0.377 e. The van der Waals surface area contributed by atoms with Crippen LogP contribution in [0, 0.1) is 5.92 Å². The summed E-state index contributed by atoms with van der Waals surface area (Å²) >= 11 is 0. The van der Waals surface area contributed by atoms with Crippen molar-refractivity contribution in [3.8, 4) is 0 Å². The smallest absolute Gasteiger partial charge is 0.0622 e. The van der Waals surface area contributed by atoms with Gasteiger partial charge in [-0.2, -0.15) is 0 Å². The van der Waals surface area contributed by atoms with Gasteiger partial charge in [0.05, 0.1) is 12.7 Å². The van der Waals surface area contributed by atoms with E-state index in [0.29, 0.717) is 12.1 Å². The van der Waals surface area contributed by atoms with Crippen LogP contribution in [0.15, 0.2) is 0 Å². The van der Waals surface area contributed by atoms with Crippen molar-refractivity contribution in [2.45, 2.75) is 51.7 Å². The predicted octanol–water partition coefficient (Wildman–Crippen LogP) is 2.19. The highest BCUT2D eigenvalue weighted by Crippen LogP contribution is 2.33. The molecule has 2 nitrogen and oxygen atoms in total. The summed E-state index contributed by atoms with van der Waals surface area (Å²) < 4.78 is 5.59. The molecule has 0 saturated heterocycles. The van der Waals surface area contributed by atoms with Crippen LogP contribution >= 0.6 is 0 Å². The third-order valence-electron chi connectivity index (χ3n) is 2.66. The topological polar surface area (TPSA) is 21.3 Å². The number of rotatable bonds is 7. The first-order chi connectivity index (χ1) is 6.22. The van der Waals surface area contributed by atoms with Gasteiger partial charge in [-0.3, -0.25) is 0 Å². The molecule has 0 aromatic rings. The molecule has 1 aliphatic carbocycles. The molecule has 0 radical (unpaired) electrons. The number of hydrogen-bond donors (Lipinski definition) is 1. The van der Waals surface area contributed by atoms with E-state index in [0.717, 1.165) is 12.5 Å². The largest absolute Gasteiger partial charge is 0.377 e. The lowest BCUT2D eigenvalue weighted by atomic mass is 10.1. The molecule has 1 rings (SSSR count). The first-order valence-electron chi connectivity index (χ1n) is 5.51. The second-order valence-electron chi connectivity index (χ2n) is 4.39. The highest BCUT2D eigenvalue weighted by atomic mass is 16.5. The molecule has 0 heterocycles. The van der Waals surface area contributed by atoms with Crippen molar-refractivity contribution in [2.75, 3.05) is 13.7 Å². The summed E-state index contributed by atoms with van der Waals surface area (Å²) in [7, 11) is 2.03. The SMILES string of the molecule is CNC(CCC1CC1)COC(C)C. The van der Waals surface area contributed by atoms with Gasteiger partial charge in [-0.25, -0.2) is 0 Å². The number of hydrogen-bond acceptors (Lipinski definition) is 2. The molecule has 1 atom stereocenters. The fraction of sp³-hybridized carbons (Fsp3) is 1.00. The van der Waals surface area contributed by atoms with Gasteiger partial charge in [0.2, 0.25) is 0 Å². The lowest BCUT2D eigenvalue weighted by molar-refractivity contribution is 0.0604. The molecule has 1 N–H and O–H groups in total. The van der Waals surface area contributed by atoms with Gasteiger partial charge < -0.3 is 10.1 Å². The summed E-state index contributed by atoms with van der Waals surface area (Å²) in [6.45, 7) is 5.04. The average Bonchev–Trinajstić information content (AvgIpc) is 2.88. The fourth-order valence-electron chi connectivity index (χ4n) is 1.46. The quantitative estimate of drug-likeness (QED) is 0.656. The molecule has 0 amide bonds. The molecule has 0 spiro atoms. The molecule has 2 heteroatoms. The second-order valence-corrected chi connectivity index (χ2v) is 4.39. The van der Waals surface area contributed by atoms with Crippen LogP contribution in [-0.2, 0) is 4.74 Å². The average molecular weight is 185 g/mol. The Labute approximate surface area is 82.0 Å². The molecular formula is C11H23NO. The summed E-state index contributed by atoms with van der Waals surface area (Å²) in [6, 6.07) is 0.558. The van der Waals surface area contributed by atoms with E-state index in [-0.39, 0.29) is 0 Å². The minimum atomic E-state index is 0.358. The van der Waals surface area contributed by atoms with Crippen LogP contribution in [0.3, 0.4) is 0 Å². The monoisotopic (exact) mass is 185 g/mol. The lowest BCUT2D eigenvalue weighted by Gasteiger charge is -2.17. The second kappa shape index (κ2) is 5.61. The van der Waals surface area contributed by atoms with Gasteiger partial charge in [-0.15, -0.1) is 0 Å². The van der Waals surface area contributed by atoms with Gasteiger partial charge in [0.1, 0.15) is 0 Å². The summed E-state index contributed by atoms with van der Waals surface area (Å²) in [5, 5.41) is 3.32. The Morgan fingerprint density at radius 2 is 2.08 bits per heavy atom. The Balaban J connectivity index is 2.02. The van der Waals surface area contributed by atoms with Crippen molar-refractivity contribution in [3.05, 3.63) is 0 Å². The normalized spacial score (nSPS) is 19.4. The molecule has 1 fully saturated rings. The van der Waals surface area contributed by atoms with E-state index in [9.17, 15) is 0 Å². The summed E-state index contributed by atoms with van der Waals surface area (Å²) in [6.07, 6.45) is 5.93. The first-order valence-corrected chi connectivity index (χ1v) is 5.51. The van der Waals surface area contributed by atoms with Gasteiger partial charge >= 0.3 is 0 Å². The third kappa shape index (κ3) is 5.27. The minimum absolute atomic E-state index is 0.358. The Kier molecular flexibility index (Phi) is 4.74. The Morgan fingerprint density at radius 3 is 2.54 bits per heavy atom. The molecule has 0 aromatic carbocycles.